The lowest BCUT2D eigenvalue weighted by Gasteiger charge is -2.18. The van der Waals surface area contributed by atoms with Crippen molar-refractivity contribution >= 4 is 44.0 Å². The Hall–Kier alpha value is -3.11. The first-order chi connectivity index (χ1) is 16.3. The summed E-state index contributed by atoms with van der Waals surface area (Å²) in [6.07, 6.45) is 0.167. The Morgan fingerprint density at radius 1 is 0.971 bits per heavy atom. The van der Waals surface area contributed by atoms with Gasteiger partial charge in [0.2, 0.25) is 21.1 Å². The molecule has 0 spiro atoms. The summed E-state index contributed by atoms with van der Waals surface area (Å²) in [5.74, 6) is -0.529. The fourth-order valence-electron chi connectivity index (χ4n) is 3.19. The van der Waals surface area contributed by atoms with Crippen LogP contribution in [0.3, 0.4) is 0 Å². The third-order valence-corrected chi connectivity index (χ3v) is 7.60. The normalized spacial score (nSPS) is 12.3. The maximum Gasteiger partial charge on any atom is 0.244 e. The van der Waals surface area contributed by atoms with Crippen molar-refractivity contribution in [2.45, 2.75) is 24.3 Å². The summed E-state index contributed by atoms with van der Waals surface area (Å²) in [7, 11) is -3.93. The second kappa shape index (κ2) is 10.4. The first-order valence-electron chi connectivity index (χ1n) is 10.3. The Bertz CT molecular complexity index is 1370. The molecule has 2 N–H and O–H groups in total. The van der Waals surface area contributed by atoms with Crippen LogP contribution in [0.5, 0.6) is 0 Å². The van der Waals surface area contributed by atoms with E-state index in [4.69, 9.17) is 11.6 Å². The van der Waals surface area contributed by atoms with Crippen molar-refractivity contribution in [2.75, 3.05) is 5.32 Å². The van der Waals surface area contributed by atoms with Crippen molar-refractivity contribution in [3.05, 3.63) is 95.0 Å². The quantitative estimate of drug-likeness (QED) is 0.356. The van der Waals surface area contributed by atoms with Crippen molar-refractivity contribution in [3.8, 4) is 10.6 Å². The maximum absolute atomic E-state index is 13.2. The van der Waals surface area contributed by atoms with Crippen LogP contribution < -0.4 is 10.0 Å². The van der Waals surface area contributed by atoms with Gasteiger partial charge >= 0.3 is 0 Å². The summed E-state index contributed by atoms with van der Waals surface area (Å²) in [6, 6.07) is 21.7. The van der Waals surface area contributed by atoms with E-state index in [1.807, 2.05) is 49.4 Å². The number of nitrogens with zero attached hydrogens (tertiary/aromatic N) is 2. The van der Waals surface area contributed by atoms with Crippen LogP contribution in [0.2, 0.25) is 5.02 Å². The number of aryl methyl sites for hydroxylation is 1. The van der Waals surface area contributed by atoms with Gasteiger partial charge in [-0.25, -0.2) is 8.42 Å². The third kappa shape index (κ3) is 6.06. The van der Waals surface area contributed by atoms with E-state index in [2.05, 4.69) is 20.2 Å². The smallest absolute Gasteiger partial charge is 0.244 e. The molecule has 0 radical (unpaired) electrons. The van der Waals surface area contributed by atoms with Crippen LogP contribution in [0, 0.1) is 6.92 Å². The number of hydrogen-bond acceptors (Lipinski definition) is 6. The number of nitrogens with one attached hydrogen (secondary N) is 2. The van der Waals surface area contributed by atoms with Gasteiger partial charge in [-0.1, -0.05) is 83.1 Å². The maximum atomic E-state index is 13.2. The highest BCUT2D eigenvalue weighted by Crippen LogP contribution is 2.27. The number of carbonyl (C=O) groups excluding carboxylic acids is 1. The van der Waals surface area contributed by atoms with Crippen molar-refractivity contribution in [1.82, 2.24) is 14.9 Å². The van der Waals surface area contributed by atoms with Gasteiger partial charge in [-0.05, 0) is 43.2 Å². The summed E-state index contributed by atoms with van der Waals surface area (Å²) in [5, 5.41) is 12.3. The molecule has 10 heteroatoms. The Morgan fingerprint density at radius 2 is 1.65 bits per heavy atom. The number of hydrogen-bond donors (Lipinski definition) is 2. The van der Waals surface area contributed by atoms with Crippen LogP contribution >= 0.6 is 22.9 Å². The van der Waals surface area contributed by atoms with Gasteiger partial charge in [0.15, 0.2) is 0 Å². The summed E-state index contributed by atoms with van der Waals surface area (Å²) in [6.45, 7) is 1.87. The molecule has 0 saturated carbocycles. The molecular weight excluding hydrogens is 492 g/mol. The molecule has 1 unspecified atom stereocenters. The first kappa shape index (κ1) is 24.0. The van der Waals surface area contributed by atoms with E-state index in [1.165, 1.54) is 23.5 Å². The molecule has 3 aromatic carbocycles. The molecule has 1 atom stereocenters. The average molecular weight is 513 g/mol. The van der Waals surface area contributed by atoms with E-state index in [0.29, 0.717) is 10.0 Å². The Labute approximate surface area is 206 Å². The zero-order valence-electron chi connectivity index (χ0n) is 18.1. The van der Waals surface area contributed by atoms with Gasteiger partial charge in [0.25, 0.3) is 0 Å². The van der Waals surface area contributed by atoms with Gasteiger partial charge in [-0.15, -0.1) is 10.2 Å². The lowest BCUT2D eigenvalue weighted by molar-refractivity contribution is -0.117. The summed E-state index contributed by atoms with van der Waals surface area (Å²) in [4.78, 5) is 13.2. The summed E-state index contributed by atoms with van der Waals surface area (Å²) < 4.78 is 28.5. The lowest BCUT2D eigenvalue weighted by Crippen LogP contribution is -2.45. The number of halogens is 1. The molecule has 0 aliphatic heterocycles. The highest BCUT2D eigenvalue weighted by molar-refractivity contribution is 7.89. The zero-order chi connectivity index (χ0) is 24.1. The first-order valence-corrected chi connectivity index (χ1v) is 13.0. The number of aromatic nitrogens is 2. The Balaban J connectivity index is 1.55. The van der Waals surface area contributed by atoms with Gasteiger partial charge in [0.1, 0.15) is 11.0 Å². The number of rotatable bonds is 8. The number of amides is 1. The van der Waals surface area contributed by atoms with Crippen molar-refractivity contribution in [3.63, 3.8) is 0 Å². The minimum absolute atomic E-state index is 0.0879. The van der Waals surface area contributed by atoms with Gasteiger partial charge in [0.05, 0.1) is 4.90 Å². The van der Waals surface area contributed by atoms with E-state index in [9.17, 15) is 13.2 Å². The highest BCUT2D eigenvalue weighted by atomic mass is 35.5. The van der Waals surface area contributed by atoms with E-state index in [0.717, 1.165) is 16.7 Å². The van der Waals surface area contributed by atoms with Crippen LogP contribution in [0.4, 0.5) is 5.13 Å². The molecule has 0 bridgehead atoms. The van der Waals surface area contributed by atoms with E-state index < -0.39 is 22.0 Å². The number of benzene rings is 3. The molecular formula is C24H21ClN4O3S2. The van der Waals surface area contributed by atoms with Crippen LogP contribution in [0.15, 0.2) is 83.8 Å². The topological polar surface area (TPSA) is 101 Å². The molecule has 1 amide bonds. The lowest BCUT2D eigenvalue weighted by atomic mass is 10.1. The van der Waals surface area contributed by atoms with Crippen molar-refractivity contribution in [1.29, 1.82) is 0 Å². The standard InChI is InChI=1S/C24H21ClN4O3S2/c1-16-7-13-20(14-8-16)34(31,32)29-21(15-17-5-3-2-4-6-17)22(30)26-24-28-27-23(33-24)18-9-11-19(25)12-10-18/h2-14,21,29H,15H2,1H3,(H,26,28,30). The molecule has 1 aromatic heterocycles. The predicted octanol–water partition coefficient (Wildman–Crippen LogP) is 4.70. The minimum atomic E-state index is -3.93. The SMILES string of the molecule is Cc1ccc(S(=O)(=O)NC(Cc2ccccc2)C(=O)Nc2nnc(-c3ccc(Cl)cc3)s2)cc1. The molecule has 0 aliphatic rings. The fraction of sp³-hybridized carbons (Fsp3) is 0.125. The molecule has 0 fully saturated rings. The Morgan fingerprint density at radius 3 is 2.32 bits per heavy atom. The van der Waals surface area contributed by atoms with Gasteiger partial charge < -0.3 is 0 Å². The second-order valence-corrected chi connectivity index (χ2v) is 10.7. The van der Waals surface area contributed by atoms with Gasteiger partial charge in [0, 0.05) is 10.6 Å². The van der Waals surface area contributed by atoms with E-state index >= 15 is 0 Å². The fourth-order valence-corrected chi connectivity index (χ4v) is 5.26. The van der Waals surface area contributed by atoms with Gasteiger partial charge in [-0.3, -0.25) is 10.1 Å². The molecule has 0 saturated heterocycles. The highest BCUT2D eigenvalue weighted by Gasteiger charge is 2.27. The molecule has 0 aliphatic carbocycles. The average Bonchev–Trinajstić information content (AvgIpc) is 3.28. The second-order valence-electron chi connectivity index (χ2n) is 7.59. The largest absolute Gasteiger partial charge is 0.299 e. The molecule has 7 nitrogen and oxygen atoms in total. The molecule has 1 heterocycles. The van der Waals surface area contributed by atoms with Crippen LogP contribution in [-0.4, -0.2) is 30.6 Å². The minimum Gasteiger partial charge on any atom is -0.299 e. The van der Waals surface area contributed by atoms with Crippen LogP contribution in [-0.2, 0) is 21.2 Å². The van der Waals surface area contributed by atoms with Crippen molar-refractivity contribution < 1.29 is 13.2 Å². The molecule has 4 rings (SSSR count). The van der Waals surface area contributed by atoms with E-state index in [-0.39, 0.29) is 16.4 Å². The molecule has 174 valence electrons. The zero-order valence-corrected chi connectivity index (χ0v) is 20.5. The van der Waals surface area contributed by atoms with Crippen LogP contribution in [0.1, 0.15) is 11.1 Å². The monoisotopic (exact) mass is 512 g/mol. The number of anilines is 1. The summed E-state index contributed by atoms with van der Waals surface area (Å²) >= 11 is 7.12. The third-order valence-electron chi connectivity index (χ3n) is 4.97. The number of carbonyl (C=O) groups is 1. The summed E-state index contributed by atoms with van der Waals surface area (Å²) in [5.41, 5.74) is 2.56. The van der Waals surface area contributed by atoms with Crippen LogP contribution in [0.25, 0.3) is 10.6 Å². The molecule has 34 heavy (non-hydrogen) atoms. The molecule has 4 aromatic rings. The van der Waals surface area contributed by atoms with Gasteiger partial charge in [-0.2, -0.15) is 4.72 Å². The number of sulfonamides is 1. The van der Waals surface area contributed by atoms with E-state index in [1.54, 1.807) is 24.3 Å². The predicted molar refractivity (Wildman–Crippen MR) is 134 cm³/mol. The Kier molecular flexibility index (Phi) is 7.38. The van der Waals surface area contributed by atoms with Crippen molar-refractivity contribution in [2.24, 2.45) is 0 Å².